The van der Waals surface area contributed by atoms with Crippen molar-refractivity contribution in [3.05, 3.63) is 17.5 Å². The number of aldehydes is 1. The number of aromatic carboxylic acids is 1. The summed E-state index contributed by atoms with van der Waals surface area (Å²) in [7, 11) is 0. The maximum atomic E-state index is 11.0. The van der Waals surface area contributed by atoms with Crippen molar-refractivity contribution in [2.45, 2.75) is 39.2 Å². The van der Waals surface area contributed by atoms with Gasteiger partial charge in [0, 0.05) is 6.20 Å². The highest BCUT2D eigenvalue weighted by Crippen LogP contribution is 2.35. The summed E-state index contributed by atoms with van der Waals surface area (Å²) in [5.74, 6) is 0.0691. The molecule has 98 valence electrons. The molecule has 1 fully saturated rings. The van der Waals surface area contributed by atoms with Crippen LogP contribution in [0, 0.1) is 11.8 Å². The number of carbonyl (C=O) groups excluding carboxylic acids is 1. The van der Waals surface area contributed by atoms with Gasteiger partial charge in [0.05, 0.1) is 11.6 Å². The molecule has 5 heteroatoms. The number of aromatic nitrogens is 2. The minimum atomic E-state index is -1.15. The van der Waals surface area contributed by atoms with Crippen LogP contribution < -0.4 is 0 Å². The monoisotopic (exact) mass is 250 g/mol. The second-order valence-corrected chi connectivity index (χ2v) is 5.41. The Hall–Kier alpha value is -1.65. The number of carboxylic acid groups (broad SMARTS) is 1. The predicted octanol–water partition coefficient (Wildman–Crippen LogP) is 2.39. The van der Waals surface area contributed by atoms with E-state index < -0.39 is 5.97 Å². The van der Waals surface area contributed by atoms with Crippen molar-refractivity contribution in [2.75, 3.05) is 0 Å². The van der Waals surface area contributed by atoms with E-state index in [0.717, 1.165) is 12.8 Å². The lowest BCUT2D eigenvalue weighted by atomic mass is 9.80. The quantitative estimate of drug-likeness (QED) is 0.836. The largest absolute Gasteiger partial charge is 0.476 e. The second-order valence-electron chi connectivity index (χ2n) is 5.41. The molecule has 2 unspecified atom stereocenters. The smallest absolute Gasteiger partial charge is 0.357 e. The van der Waals surface area contributed by atoms with E-state index >= 15 is 0 Å². The lowest BCUT2D eigenvalue weighted by Crippen LogP contribution is -2.23. The minimum absolute atomic E-state index is 0.143. The minimum Gasteiger partial charge on any atom is -0.476 e. The molecule has 1 aliphatic carbocycles. The molecule has 0 amide bonds. The van der Waals surface area contributed by atoms with Gasteiger partial charge >= 0.3 is 5.97 Å². The summed E-state index contributed by atoms with van der Waals surface area (Å²) in [6.07, 6.45) is 5.30. The van der Waals surface area contributed by atoms with Crippen LogP contribution in [0.25, 0.3) is 0 Å². The standard InChI is InChI=1S/C13H18N2O3/c1-8-3-9(2)5-11(4-8)15-6-10(7-16)12(14-15)13(17)18/h6-9,11H,3-5H2,1-2H3,(H,17,18). The summed E-state index contributed by atoms with van der Waals surface area (Å²) < 4.78 is 1.67. The molecule has 1 aromatic heterocycles. The highest BCUT2D eigenvalue weighted by Gasteiger charge is 2.27. The summed E-state index contributed by atoms with van der Waals surface area (Å²) in [6, 6.07) is 0.204. The molecule has 0 aromatic carbocycles. The average Bonchev–Trinajstić information content (AvgIpc) is 2.71. The Morgan fingerprint density at radius 2 is 2.00 bits per heavy atom. The molecule has 0 spiro atoms. The van der Waals surface area contributed by atoms with Crippen LogP contribution >= 0.6 is 0 Å². The zero-order valence-electron chi connectivity index (χ0n) is 10.7. The molecule has 2 atom stereocenters. The first-order valence-electron chi connectivity index (χ1n) is 6.28. The van der Waals surface area contributed by atoms with Crippen molar-refractivity contribution >= 4 is 12.3 Å². The maximum absolute atomic E-state index is 11.0. The second kappa shape index (κ2) is 4.92. The van der Waals surface area contributed by atoms with Gasteiger partial charge in [0.25, 0.3) is 0 Å². The van der Waals surface area contributed by atoms with Crippen LogP contribution in [-0.2, 0) is 0 Å². The first-order valence-corrected chi connectivity index (χ1v) is 6.28. The van der Waals surface area contributed by atoms with Crippen molar-refractivity contribution < 1.29 is 14.7 Å². The summed E-state index contributed by atoms with van der Waals surface area (Å²) >= 11 is 0. The third kappa shape index (κ3) is 2.44. The van der Waals surface area contributed by atoms with Crippen LogP contribution in [-0.4, -0.2) is 27.1 Å². The Labute approximate surface area is 106 Å². The molecular weight excluding hydrogens is 232 g/mol. The zero-order valence-corrected chi connectivity index (χ0v) is 10.7. The van der Waals surface area contributed by atoms with Crippen LogP contribution in [0.1, 0.15) is 60.0 Å². The molecule has 5 nitrogen and oxygen atoms in total. The first-order chi connectivity index (χ1) is 8.51. The van der Waals surface area contributed by atoms with E-state index in [1.54, 1.807) is 10.9 Å². The summed E-state index contributed by atoms with van der Waals surface area (Å²) in [5, 5.41) is 13.0. The lowest BCUT2D eigenvalue weighted by Gasteiger charge is -2.31. The third-order valence-corrected chi connectivity index (χ3v) is 3.62. The summed E-state index contributed by atoms with van der Waals surface area (Å²) in [5.41, 5.74) is 0.0178. The molecular formula is C13H18N2O3. The van der Waals surface area contributed by atoms with Crippen molar-refractivity contribution in [2.24, 2.45) is 11.8 Å². The Morgan fingerprint density at radius 1 is 1.39 bits per heavy atom. The molecule has 0 aliphatic heterocycles. The van der Waals surface area contributed by atoms with Crippen molar-refractivity contribution in [3.63, 3.8) is 0 Å². The van der Waals surface area contributed by atoms with Gasteiger partial charge in [0.1, 0.15) is 0 Å². The molecule has 0 saturated heterocycles. The zero-order chi connectivity index (χ0) is 13.3. The highest BCUT2D eigenvalue weighted by molar-refractivity contribution is 5.95. The first kappa shape index (κ1) is 12.8. The van der Waals surface area contributed by atoms with Crippen molar-refractivity contribution in [1.29, 1.82) is 0 Å². The van der Waals surface area contributed by atoms with E-state index in [1.165, 1.54) is 6.42 Å². The fraction of sp³-hybridized carbons (Fsp3) is 0.615. The molecule has 0 radical (unpaired) electrons. The number of hydrogen-bond acceptors (Lipinski definition) is 3. The van der Waals surface area contributed by atoms with Gasteiger partial charge in [-0.15, -0.1) is 0 Å². The van der Waals surface area contributed by atoms with Crippen LogP contribution in [0.2, 0.25) is 0 Å². The van der Waals surface area contributed by atoms with Crippen LogP contribution in [0.3, 0.4) is 0 Å². The molecule has 1 heterocycles. The van der Waals surface area contributed by atoms with Gasteiger partial charge in [-0.05, 0) is 31.1 Å². The Morgan fingerprint density at radius 3 is 2.44 bits per heavy atom. The SMILES string of the molecule is CC1CC(C)CC(n2cc(C=O)c(C(=O)O)n2)C1. The molecule has 18 heavy (non-hydrogen) atoms. The third-order valence-electron chi connectivity index (χ3n) is 3.62. The van der Waals surface area contributed by atoms with Gasteiger partial charge in [-0.25, -0.2) is 4.79 Å². The number of hydrogen-bond donors (Lipinski definition) is 1. The van der Waals surface area contributed by atoms with Crippen LogP contribution in [0.15, 0.2) is 6.20 Å². The maximum Gasteiger partial charge on any atom is 0.357 e. The number of carboxylic acids is 1. The van der Waals surface area contributed by atoms with Gasteiger partial charge in [-0.2, -0.15) is 5.10 Å². The Balaban J connectivity index is 2.28. The average molecular weight is 250 g/mol. The summed E-state index contributed by atoms with van der Waals surface area (Å²) in [4.78, 5) is 21.8. The number of rotatable bonds is 3. The van der Waals surface area contributed by atoms with Crippen molar-refractivity contribution in [3.8, 4) is 0 Å². The Bertz CT molecular complexity index is 457. The van der Waals surface area contributed by atoms with Gasteiger partial charge in [0.15, 0.2) is 12.0 Å². The van der Waals surface area contributed by atoms with Crippen molar-refractivity contribution in [1.82, 2.24) is 9.78 Å². The molecule has 1 aromatic rings. The fourth-order valence-electron chi connectivity index (χ4n) is 2.97. The van der Waals surface area contributed by atoms with Gasteiger partial charge in [-0.1, -0.05) is 13.8 Å². The number of nitrogens with zero attached hydrogens (tertiary/aromatic N) is 2. The topological polar surface area (TPSA) is 72.2 Å². The predicted molar refractivity (Wildman–Crippen MR) is 65.8 cm³/mol. The Kier molecular flexibility index (Phi) is 3.50. The highest BCUT2D eigenvalue weighted by atomic mass is 16.4. The van der Waals surface area contributed by atoms with E-state index in [0.29, 0.717) is 18.1 Å². The molecule has 1 N–H and O–H groups in total. The van der Waals surface area contributed by atoms with E-state index in [2.05, 4.69) is 18.9 Å². The number of carbonyl (C=O) groups is 2. The van der Waals surface area contributed by atoms with E-state index in [1.807, 2.05) is 0 Å². The molecule has 2 rings (SSSR count). The fourth-order valence-corrected chi connectivity index (χ4v) is 2.97. The van der Waals surface area contributed by atoms with E-state index in [-0.39, 0.29) is 17.3 Å². The van der Waals surface area contributed by atoms with Gasteiger partial charge < -0.3 is 5.11 Å². The van der Waals surface area contributed by atoms with Crippen LogP contribution in [0.4, 0.5) is 0 Å². The molecule has 1 saturated carbocycles. The molecule has 1 aliphatic rings. The molecule has 0 bridgehead atoms. The van der Waals surface area contributed by atoms with E-state index in [4.69, 9.17) is 5.11 Å². The van der Waals surface area contributed by atoms with Gasteiger partial charge in [0.2, 0.25) is 0 Å². The van der Waals surface area contributed by atoms with Gasteiger partial charge in [-0.3, -0.25) is 9.48 Å². The van der Waals surface area contributed by atoms with Crippen LogP contribution in [0.5, 0.6) is 0 Å². The lowest BCUT2D eigenvalue weighted by molar-refractivity contribution is 0.0685. The summed E-state index contributed by atoms with van der Waals surface area (Å²) in [6.45, 7) is 4.40. The normalized spacial score (nSPS) is 28.0. The van der Waals surface area contributed by atoms with E-state index in [9.17, 15) is 9.59 Å².